The van der Waals surface area contributed by atoms with E-state index < -0.39 is 10.0 Å². The lowest BCUT2D eigenvalue weighted by Crippen LogP contribution is -2.36. The van der Waals surface area contributed by atoms with Gasteiger partial charge in [0.15, 0.2) is 0 Å². The summed E-state index contributed by atoms with van der Waals surface area (Å²) in [5.41, 5.74) is 1.04. The van der Waals surface area contributed by atoms with E-state index in [4.69, 9.17) is 0 Å². The van der Waals surface area contributed by atoms with E-state index >= 15 is 0 Å². The molecule has 0 spiro atoms. The Hall–Kier alpha value is -1.44. The molecule has 1 atom stereocenters. The van der Waals surface area contributed by atoms with Gasteiger partial charge in [-0.25, -0.2) is 12.7 Å². The Labute approximate surface area is 165 Å². The third kappa shape index (κ3) is 3.30. The lowest BCUT2D eigenvalue weighted by atomic mass is 9.95. The Morgan fingerprint density at radius 3 is 2.56 bits per heavy atom. The number of carbonyl (C=O) groups is 1. The Bertz CT molecular complexity index is 959. The van der Waals surface area contributed by atoms with Crippen LogP contribution < -0.4 is 0 Å². The zero-order valence-corrected chi connectivity index (χ0v) is 17.5. The average molecular weight is 407 g/mol. The summed E-state index contributed by atoms with van der Waals surface area (Å²) >= 11 is 1.52. The average Bonchev–Trinajstić information content (AvgIpc) is 3.38. The molecule has 2 aliphatic rings. The number of benzene rings is 1. The van der Waals surface area contributed by atoms with Crippen molar-refractivity contribution in [3.63, 3.8) is 0 Å². The lowest BCUT2D eigenvalue weighted by molar-refractivity contribution is 0.0831. The molecule has 1 saturated carbocycles. The number of fused-ring (bicyclic) bond motifs is 1. The molecule has 0 unspecified atom stereocenters. The van der Waals surface area contributed by atoms with E-state index in [0.29, 0.717) is 13.1 Å². The summed E-state index contributed by atoms with van der Waals surface area (Å²) in [7, 11) is 0.308. The molecular formula is C20H26N2O3S2. The van der Waals surface area contributed by atoms with Crippen molar-refractivity contribution in [3.8, 4) is 0 Å². The van der Waals surface area contributed by atoms with Crippen molar-refractivity contribution in [2.45, 2.75) is 43.3 Å². The second-order valence-electron chi connectivity index (χ2n) is 7.84. The number of rotatable bonds is 4. The van der Waals surface area contributed by atoms with E-state index in [0.717, 1.165) is 52.6 Å². The monoisotopic (exact) mass is 406 g/mol. The Balaban J connectivity index is 1.69. The fraction of sp³-hybridized carbons (Fsp3) is 0.550. The fourth-order valence-electron chi connectivity index (χ4n) is 4.42. The molecule has 1 saturated heterocycles. The van der Waals surface area contributed by atoms with Crippen LogP contribution in [0.2, 0.25) is 0 Å². The minimum atomic E-state index is -3.22. The number of hydrogen-bond acceptors (Lipinski definition) is 4. The van der Waals surface area contributed by atoms with Gasteiger partial charge in [-0.05, 0) is 36.3 Å². The Kier molecular flexibility index (Phi) is 5.03. The molecular weight excluding hydrogens is 380 g/mol. The van der Waals surface area contributed by atoms with Crippen molar-refractivity contribution in [2.75, 3.05) is 27.2 Å². The largest absolute Gasteiger partial charge is 0.344 e. The lowest BCUT2D eigenvalue weighted by Gasteiger charge is -2.21. The van der Waals surface area contributed by atoms with E-state index in [9.17, 15) is 13.2 Å². The maximum atomic E-state index is 13.0. The quantitative estimate of drug-likeness (QED) is 0.778. The number of nitrogens with zero attached hydrogens (tertiary/aromatic N) is 2. The first kappa shape index (κ1) is 18.9. The van der Waals surface area contributed by atoms with Gasteiger partial charge in [-0.1, -0.05) is 31.0 Å². The van der Waals surface area contributed by atoms with Crippen LogP contribution in [0.3, 0.4) is 0 Å². The van der Waals surface area contributed by atoms with Gasteiger partial charge >= 0.3 is 0 Å². The van der Waals surface area contributed by atoms with Crippen LogP contribution in [-0.2, 0) is 10.0 Å². The second kappa shape index (κ2) is 7.18. The molecule has 1 aliphatic carbocycles. The predicted molar refractivity (Wildman–Crippen MR) is 110 cm³/mol. The van der Waals surface area contributed by atoms with Gasteiger partial charge < -0.3 is 4.90 Å². The molecule has 1 aromatic heterocycles. The molecule has 5 nitrogen and oxygen atoms in total. The van der Waals surface area contributed by atoms with E-state index in [1.165, 1.54) is 11.3 Å². The predicted octanol–water partition coefficient (Wildman–Crippen LogP) is 3.66. The third-order valence-corrected chi connectivity index (χ3v) is 9.42. The first-order chi connectivity index (χ1) is 12.9. The van der Waals surface area contributed by atoms with Gasteiger partial charge in [-0.3, -0.25) is 4.79 Å². The van der Waals surface area contributed by atoms with E-state index in [1.54, 1.807) is 23.3 Å². The molecule has 7 heteroatoms. The van der Waals surface area contributed by atoms with Crippen LogP contribution in [0.25, 0.3) is 10.1 Å². The maximum Gasteiger partial charge on any atom is 0.263 e. The zero-order valence-electron chi connectivity index (χ0n) is 15.8. The first-order valence-corrected chi connectivity index (χ1v) is 11.9. The summed E-state index contributed by atoms with van der Waals surface area (Å²) in [6.45, 7) is 1.05. The summed E-state index contributed by atoms with van der Waals surface area (Å²) in [5, 5.41) is 0.885. The van der Waals surface area contributed by atoms with Crippen molar-refractivity contribution in [1.29, 1.82) is 0 Å². The summed E-state index contributed by atoms with van der Waals surface area (Å²) in [6.07, 6.45) is 4.38. The standard InChI is InChI=1S/C20H26N2O3S2/c1-21(2)20(23)19-18(16-9-5-6-10-17(16)26-19)14-11-12-22(13-14)27(24,25)15-7-3-4-8-15/h5-6,9-10,14-15H,3-4,7-8,11-13H2,1-2H3/t14-/m0/s1. The number of thiophene rings is 1. The molecule has 0 radical (unpaired) electrons. The molecule has 146 valence electrons. The van der Waals surface area contributed by atoms with E-state index in [1.807, 2.05) is 18.2 Å². The highest BCUT2D eigenvalue weighted by Crippen LogP contribution is 2.42. The van der Waals surface area contributed by atoms with Crippen molar-refractivity contribution in [2.24, 2.45) is 0 Å². The van der Waals surface area contributed by atoms with Gasteiger partial charge in [0.05, 0.1) is 10.1 Å². The molecule has 27 heavy (non-hydrogen) atoms. The highest BCUT2D eigenvalue weighted by Gasteiger charge is 2.40. The smallest absolute Gasteiger partial charge is 0.263 e. The molecule has 2 aromatic rings. The number of amides is 1. The summed E-state index contributed by atoms with van der Waals surface area (Å²) in [6, 6.07) is 8.07. The molecule has 0 bridgehead atoms. The van der Waals surface area contributed by atoms with E-state index in [2.05, 4.69) is 6.07 Å². The van der Waals surface area contributed by atoms with Crippen LogP contribution in [0.1, 0.15) is 53.3 Å². The van der Waals surface area contributed by atoms with Gasteiger partial charge in [0.2, 0.25) is 10.0 Å². The topological polar surface area (TPSA) is 57.7 Å². The molecule has 1 amide bonds. The molecule has 1 aliphatic heterocycles. The van der Waals surface area contributed by atoms with Gasteiger partial charge in [0, 0.05) is 37.8 Å². The van der Waals surface area contributed by atoms with Gasteiger partial charge in [0.25, 0.3) is 5.91 Å². The Morgan fingerprint density at radius 2 is 1.85 bits per heavy atom. The summed E-state index contributed by atoms with van der Waals surface area (Å²) in [5.74, 6) is 0.0829. The minimum absolute atomic E-state index is 0.00306. The number of carbonyl (C=O) groups excluding carboxylic acids is 1. The molecule has 2 heterocycles. The van der Waals surface area contributed by atoms with Gasteiger partial charge in [-0.2, -0.15) is 0 Å². The zero-order chi connectivity index (χ0) is 19.2. The first-order valence-electron chi connectivity index (χ1n) is 9.61. The van der Waals surface area contributed by atoms with Crippen molar-refractivity contribution < 1.29 is 13.2 Å². The highest BCUT2D eigenvalue weighted by atomic mass is 32.2. The van der Waals surface area contributed by atoms with Crippen LogP contribution in [0.5, 0.6) is 0 Å². The molecule has 4 rings (SSSR count). The highest BCUT2D eigenvalue weighted by molar-refractivity contribution is 7.89. The second-order valence-corrected chi connectivity index (χ2v) is 11.1. The van der Waals surface area contributed by atoms with Crippen LogP contribution in [0.4, 0.5) is 0 Å². The van der Waals surface area contributed by atoms with Gasteiger partial charge in [-0.15, -0.1) is 11.3 Å². The van der Waals surface area contributed by atoms with Gasteiger partial charge in [0.1, 0.15) is 0 Å². The van der Waals surface area contributed by atoms with Crippen LogP contribution in [-0.4, -0.2) is 56.0 Å². The molecule has 1 aromatic carbocycles. The van der Waals surface area contributed by atoms with Crippen LogP contribution in [0, 0.1) is 0 Å². The van der Waals surface area contributed by atoms with Crippen LogP contribution in [0.15, 0.2) is 24.3 Å². The summed E-state index contributed by atoms with van der Waals surface area (Å²) in [4.78, 5) is 15.1. The SMILES string of the molecule is CN(C)C(=O)c1sc2ccccc2c1[C@H]1CCN(S(=O)(=O)C2CCCC2)C1. The normalized spacial score (nSPS) is 21.9. The number of hydrogen-bond donors (Lipinski definition) is 0. The van der Waals surface area contributed by atoms with Crippen molar-refractivity contribution in [1.82, 2.24) is 9.21 Å². The van der Waals surface area contributed by atoms with Crippen molar-refractivity contribution >= 4 is 37.4 Å². The van der Waals surface area contributed by atoms with E-state index in [-0.39, 0.29) is 17.1 Å². The minimum Gasteiger partial charge on any atom is -0.344 e. The van der Waals surface area contributed by atoms with Crippen molar-refractivity contribution in [3.05, 3.63) is 34.7 Å². The maximum absolute atomic E-state index is 13.0. The molecule has 0 N–H and O–H groups in total. The fourth-order valence-corrected chi connectivity index (χ4v) is 7.83. The molecule has 2 fully saturated rings. The Morgan fingerprint density at radius 1 is 1.15 bits per heavy atom. The van der Waals surface area contributed by atoms with Crippen LogP contribution >= 0.6 is 11.3 Å². The third-order valence-electron chi connectivity index (χ3n) is 5.88. The summed E-state index contributed by atoms with van der Waals surface area (Å²) < 4.78 is 28.8. The number of sulfonamides is 1.